The lowest BCUT2D eigenvalue weighted by Gasteiger charge is -2.34. The highest BCUT2D eigenvalue weighted by molar-refractivity contribution is 5.65. The third-order valence-electron chi connectivity index (χ3n) is 6.45. The maximum atomic E-state index is 11.8. The molecule has 0 amide bonds. The van der Waals surface area contributed by atoms with Crippen LogP contribution in [0.3, 0.4) is 0 Å². The van der Waals surface area contributed by atoms with Crippen molar-refractivity contribution < 1.29 is 4.79 Å². The molecule has 2 aliphatic rings. The number of likely N-dealkylation sites (tertiary alicyclic amines) is 1. The van der Waals surface area contributed by atoms with Crippen molar-refractivity contribution in [3.63, 3.8) is 0 Å². The molecule has 23 heavy (non-hydrogen) atoms. The first-order chi connectivity index (χ1) is 11.0. The van der Waals surface area contributed by atoms with Gasteiger partial charge >= 0.3 is 0 Å². The van der Waals surface area contributed by atoms with Crippen LogP contribution in [-0.2, 0) is 11.2 Å². The molecule has 2 nitrogen and oxygen atoms in total. The average Bonchev–Trinajstić information content (AvgIpc) is 2.85. The number of carbonyl (C=O) groups is 1. The minimum Gasteiger partial charge on any atom is -0.303 e. The minimum atomic E-state index is 0.103. The zero-order chi connectivity index (χ0) is 16.6. The summed E-state index contributed by atoms with van der Waals surface area (Å²) in [4.78, 5) is 14.5. The second kappa shape index (κ2) is 6.76. The SMILES string of the molecule is Cc1cc2c(cc1C)C(C=O)C(CCN1C(C)CCC1C)CC2. The Balaban J connectivity index is 1.73. The topological polar surface area (TPSA) is 20.3 Å². The molecule has 1 aliphatic heterocycles. The summed E-state index contributed by atoms with van der Waals surface area (Å²) in [5.41, 5.74) is 5.39. The standard InChI is InChI=1S/C21H31NO/c1-14-11-19-8-7-18(21(13-23)20(19)12-15(14)2)9-10-22-16(3)5-6-17(22)4/h11-13,16-18,21H,5-10H2,1-4H3. The van der Waals surface area contributed by atoms with Gasteiger partial charge in [0, 0.05) is 18.0 Å². The van der Waals surface area contributed by atoms with Gasteiger partial charge in [0.25, 0.3) is 0 Å². The Morgan fingerprint density at radius 3 is 2.39 bits per heavy atom. The lowest BCUT2D eigenvalue weighted by molar-refractivity contribution is -0.110. The van der Waals surface area contributed by atoms with E-state index in [1.54, 1.807) is 0 Å². The Labute approximate surface area is 141 Å². The predicted octanol–water partition coefficient (Wildman–Crippen LogP) is 4.41. The Morgan fingerprint density at radius 2 is 1.74 bits per heavy atom. The third kappa shape index (κ3) is 3.24. The van der Waals surface area contributed by atoms with Crippen LogP contribution in [0.15, 0.2) is 12.1 Å². The number of hydrogen-bond acceptors (Lipinski definition) is 2. The molecule has 1 fully saturated rings. The van der Waals surface area contributed by atoms with E-state index < -0.39 is 0 Å². The Hall–Kier alpha value is -1.15. The smallest absolute Gasteiger partial charge is 0.127 e. The molecule has 1 saturated heterocycles. The number of benzene rings is 1. The van der Waals surface area contributed by atoms with Crippen molar-refractivity contribution in [3.05, 3.63) is 34.4 Å². The highest BCUT2D eigenvalue weighted by atomic mass is 16.1. The molecule has 1 aliphatic carbocycles. The molecule has 2 heteroatoms. The molecular formula is C21H31NO. The Morgan fingerprint density at radius 1 is 1.09 bits per heavy atom. The van der Waals surface area contributed by atoms with Gasteiger partial charge in [-0.1, -0.05) is 12.1 Å². The van der Waals surface area contributed by atoms with E-state index in [1.165, 1.54) is 41.4 Å². The van der Waals surface area contributed by atoms with E-state index in [9.17, 15) is 4.79 Å². The molecule has 1 aromatic rings. The number of nitrogens with zero attached hydrogens (tertiary/aromatic N) is 1. The zero-order valence-electron chi connectivity index (χ0n) is 15.1. The molecule has 126 valence electrons. The van der Waals surface area contributed by atoms with Crippen molar-refractivity contribution in [2.24, 2.45) is 5.92 Å². The van der Waals surface area contributed by atoms with Gasteiger partial charge in [-0.15, -0.1) is 0 Å². The monoisotopic (exact) mass is 313 g/mol. The number of aryl methyl sites for hydroxylation is 3. The van der Waals surface area contributed by atoms with Crippen LogP contribution >= 0.6 is 0 Å². The quantitative estimate of drug-likeness (QED) is 0.767. The largest absolute Gasteiger partial charge is 0.303 e. The molecule has 1 heterocycles. The van der Waals surface area contributed by atoms with Gasteiger partial charge in [-0.2, -0.15) is 0 Å². The summed E-state index contributed by atoms with van der Waals surface area (Å²) in [6, 6.07) is 6.00. The molecule has 4 atom stereocenters. The van der Waals surface area contributed by atoms with Crippen LogP contribution in [0.5, 0.6) is 0 Å². The van der Waals surface area contributed by atoms with Crippen LogP contribution in [0.2, 0.25) is 0 Å². The van der Waals surface area contributed by atoms with E-state index in [4.69, 9.17) is 0 Å². The van der Waals surface area contributed by atoms with E-state index in [0.717, 1.165) is 25.8 Å². The van der Waals surface area contributed by atoms with Crippen molar-refractivity contribution in [2.75, 3.05) is 6.54 Å². The van der Waals surface area contributed by atoms with Gasteiger partial charge in [-0.25, -0.2) is 0 Å². The summed E-state index contributed by atoms with van der Waals surface area (Å²) in [7, 11) is 0. The maximum Gasteiger partial charge on any atom is 0.127 e. The van der Waals surface area contributed by atoms with Crippen LogP contribution in [0, 0.1) is 19.8 Å². The van der Waals surface area contributed by atoms with Crippen LogP contribution < -0.4 is 0 Å². The fourth-order valence-electron chi connectivity index (χ4n) is 4.71. The highest BCUT2D eigenvalue weighted by Crippen LogP contribution is 2.38. The van der Waals surface area contributed by atoms with Crippen LogP contribution in [0.1, 0.15) is 67.7 Å². The molecule has 0 spiro atoms. The minimum absolute atomic E-state index is 0.103. The molecule has 0 radical (unpaired) electrons. The van der Waals surface area contributed by atoms with Crippen LogP contribution in [0.25, 0.3) is 0 Å². The molecule has 0 saturated carbocycles. The molecular weight excluding hydrogens is 282 g/mol. The Kier molecular flexibility index (Phi) is 4.91. The molecule has 0 N–H and O–H groups in total. The van der Waals surface area contributed by atoms with Gasteiger partial charge < -0.3 is 4.79 Å². The van der Waals surface area contributed by atoms with Gasteiger partial charge in [0.2, 0.25) is 0 Å². The zero-order valence-corrected chi connectivity index (χ0v) is 15.1. The number of carbonyl (C=O) groups excluding carboxylic acids is 1. The molecule has 0 aromatic heterocycles. The number of hydrogen-bond donors (Lipinski definition) is 0. The maximum absolute atomic E-state index is 11.8. The highest BCUT2D eigenvalue weighted by Gasteiger charge is 2.32. The van der Waals surface area contributed by atoms with Crippen LogP contribution in [0.4, 0.5) is 0 Å². The number of rotatable bonds is 4. The second-order valence-electron chi connectivity index (χ2n) is 7.90. The van der Waals surface area contributed by atoms with E-state index in [-0.39, 0.29) is 5.92 Å². The summed E-state index contributed by atoms with van der Waals surface area (Å²) in [6.07, 6.45) is 7.32. The molecule has 1 aromatic carbocycles. The van der Waals surface area contributed by atoms with Gasteiger partial charge in [0.1, 0.15) is 6.29 Å². The summed E-state index contributed by atoms with van der Waals surface area (Å²) in [5.74, 6) is 0.619. The summed E-state index contributed by atoms with van der Waals surface area (Å²) < 4.78 is 0. The molecule has 0 bridgehead atoms. The van der Waals surface area contributed by atoms with E-state index in [0.29, 0.717) is 18.0 Å². The van der Waals surface area contributed by atoms with Gasteiger partial charge in [-0.3, -0.25) is 4.90 Å². The average molecular weight is 313 g/mol. The van der Waals surface area contributed by atoms with Crippen molar-refractivity contribution in [3.8, 4) is 0 Å². The van der Waals surface area contributed by atoms with Crippen molar-refractivity contribution in [1.82, 2.24) is 4.90 Å². The second-order valence-corrected chi connectivity index (χ2v) is 7.90. The first kappa shape index (κ1) is 16.7. The third-order valence-corrected chi connectivity index (χ3v) is 6.45. The lowest BCUT2D eigenvalue weighted by atomic mass is 9.73. The summed E-state index contributed by atoms with van der Waals surface area (Å²) >= 11 is 0. The van der Waals surface area contributed by atoms with Crippen molar-refractivity contribution in [1.29, 1.82) is 0 Å². The number of fused-ring (bicyclic) bond motifs is 1. The van der Waals surface area contributed by atoms with E-state index in [2.05, 4.69) is 44.7 Å². The normalized spacial score (nSPS) is 31.1. The predicted molar refractivity (Wildman–Crippen MR) is 96.0 cm³/mol. The Bertz CT molecular complexity index is 569. The first-order valence-electron chi connectivity index (χ1n) is 9.32. The van der Waals surface area contributed by atoms with Crippen LogP contribution in [-0.4, -0.2) is 29.8 Å². The number of aldehydes is 1. The first-order valence-corrected chi connectivity index (χ1v) is 9.32. The summed E-state index contributed by atoms with van der Waals surface area (Å²) in [5, 5.41) is 0. The van der Waals surface area contributed by atoms with E-state index in [1.807, 2.05) is 0 Å². The van der Waals surface area contributed by atoms with E-state index >= 15 is 0 Å². The van der Waals surface area contributed by atoms with Gasteiger partial charge in [-0.05, 0) is 94.5 Å². The van der Waals surface area contributed by atoms with Gasteiger partial charge in [0.05, 0.1) is 0 Å². The van der Waals surface area contributed by atoms with Crippen molar-refractivity contribution in [2.45, 2.75) is 77.8 Å². The van der Waals surface area contributed by atoms with Crippen molar-refractivity contribution >= 4 is 6.29 Å². The van der Waals surface area contributed by atoms with Gasteiger partial charge in [0.15, 0.2) is 0 Å². The summed E-state index contributed by atoms with van der Waals surface area (Å²) in [6.45, 7) is 10.2. The fourth-order valence-corrected chi connectivity index (χ4v) is 4.71. The fraction of sp³-hybridized carbons (Fsp3) is 0.667. The molecule has 4 unspecified atom stereocenters. The lowest BCUT2D eigenvalue weighted by Crippen LogP contribution is -2.35. The molecule has 3 rings (SSSR count).